The molecule has 4 atom stereocenters. The topological polar surface area (TPSA) is 93.1 Å². The van der Waals surface area contributed by atoms with Crippen molar-refractivity contribution in [2.24, 2.45) is 22.7 Å². The van der Waals surface area contributed by atoms with Crippen LogP contribution in [0.2, 0.25) is 0 Å². The molecule has 2 rings (SSSR count). The highest BCUT2D eigenvalue weighted by atomic mass is 31.2. The van der Waals surface area contributed by atoms with E-state index in [1.54, 1.807) is 0 Å². The zero-order valence-electron chi connectivity index (χ0n) is 24.6. The second-order valence-electron chi connectivity index (χ2n) is 12.8. The summed E-state index contributed by atoms with van der Waals surface area (Å²) in [5.41, 5.74) is 2.83. The minimum absolute atomic E-state index is 0.177. The van der Waals surface area contributed by atoms with Crippen molar-refractivity contribution in [1.82, 2.24) is 0 Å². The Bertz CT molecular complexity index is 917. The summed E-state index contributed by atoms with van der Waals surface area (Å²) < 4.78 is 32.8. The van der Waals surface area contributed by atoms with E-state index in [1.165, 1.54) is 24.5 Å². The fourth-order valence-electron chi connectivity index (χ4n) is 4.49. The van der Waals surface area contributed by atoms with E-state index in [0.29, 0.717) is 13.2 Å². The average molecular weight is 569 g/mol. The summed E-state index contributed by atoms with van der Waals surface area (Å²) in [4.78, 5) is 18.5. The maximum atomic E-state index is 11.3. The number of hydrogen-bond acceptors (Lipinski definition) is 4. The molecule has 0 amide bonds. The molecule has 0 bridgehead atoms. The van der Waals surface area contributed by atoms with E-state index in [2.05, 4.69) is 65.8 Å². The highest BCUT2D eigenvalue weighted by molar-refractivity contribution is 7.52. The summed E-state index contributed by atoms with van der Waals surface area (Å²) in [6, 6.07) is 20.4. The van der Waals surface area contributed by atoms with Gasteiger partial charge in [0.05, 0.1) is 13.2 Å². The van der Waals surface area contributed by atoms with Crippen molar-refractivity contribution in [2.45, 2.75) is 67.2 Å². The van der Waals surface area contributed by atoms with Crippen molar-refractivity contribution < 1.29 is 28.0 Å². The van der Waals surface area contributed by atoms with Crippen LogP contribution in [0.25, 0.3) is 0 Å². The lowest BCUT2D eigenvalue weighted by Crippen LogP contribution is -2.19. The maximum absolute atomic E-state index is 11.3. The summed E-state index contributed by atoms with van der Waals surface area (Å²) in [5, 5.41) is 0. The molecule has 0 aromatic heterocycles. The van der Waals surface area contributed by atoms with Gasteiger partial charge in [0.15, 0.2) is 0 Å². The third-order valence-electron chi connectivity index (χ3n) is 5.64. The molecule has 0 saturated carbocycles. The van der Waals surface area contributed by atoms with Crippen LogP contribution in [0, 0.1) is 22.7 Å². The standard InChI is InChI=1S/2C15H25O3P/c2*1-15(2,3)11-14(12-18-19(4,16)17)10-13-8-6-5-7-9-13/h2*5-9,14H,10-12H2,1-4H3,(H,16,17)/t2*14-/m11/s1. The monoisotopic (exact) mass is 568 g/mol. The van der Waals surface area contributed by atoms with Crippen LogP contribution in [0.3, 0.4) is 0 Å². The first-order valence-corrected chi connectivity index (χ1v) is 17.3. The van der Waals surface area contributed by atoms with Crippen molar-refractivity contribution in [3.63, 3.8) is 0 Å². The molecule has 2 aromatic carbocycles. The number of benzene rings is 2. The predicted molar refractivity (Wildman–Crippen MR) is 159 cm³/mol. The molecule has 38 heavy (non-hydrogen) atoms. The van der Waals surface area contributed by atoms with Crippen molar-refractivity contribution >= 4 is 15.2 Å². The molecule has 2 N–H and O–H groups in total. The van der Waals surface area contributed by atoms with E-state index in [-0.39, 0.29) is 22.7 Å². The van der Waals surface area contributed by atoms with E-state index < -0.39 is 15.2 Å². The predicted octanol–water partition coefficient (Wildman–Crippen LogP) is 8.23. The average Bonchev–Trinajstić information content (AvgIpc) is 2.75. The number of hydrogen-bond donors (Lipinski definition) is 2. The molecule has 0 aliphatic carbocycles. The minimum atomic E-state index is -3.39. The van der Waals surface area contributed by atoms with Crippen LogP contribution in [0.4, 0.5) is 0 Å². The van der Waals surface area contributed by atoms with Gasteiger partial charge in [0.2, 0.25) is 0 Å². The van der Waals surface area contributed by atoms with Gasteiger partial charge in [-0.3, -0.25) is 9.13 Å². The Morgan fingerprint density at radius 1 is 0.632 bits per heavy atom. The Hall–Kier alpha value is -1.26. The molecule has 0 spiro atoms. The molecular formula is C30H50O6P2. The zero-order valence-corrected chi connectivity index (χ0v) is 26.4. The van der Waals surface area contributed by atoms with Crippen molar-refractivity contribution in [3.05, 3.63) is 71.8 Å². The van der Waals surface area contributed by atoms with Crippen LogP contribution in [-0.2, 0) is 31.0 Å². The van der Waals surface area contributed by atoms with Gasteiger partial charge in [0.25, 0.3) is 0 Å². The molecule has 2 unspecified atom stereocenters. The van der Waals surface area contributed by atoms with Gasteiger partial charge in [0, 0.05) is 13.3 Å². The fraction of sp³-hybridized carbons (Fsp3) is 0.600. The lowest BCUT2D eigenvalue weighted by Gasteiger charge is -2.26. The van der Waals surface area contributed by atoms with E-state index >= 15 is 0 Å². The Morgan fingerprint density at radius 3 is 1.16 bits per heavy atom. The SMILES string of the molecule is CC(C)(C)C[C@H](COP(C)(=O)O)Cc1ccccc1.CC(C)(C)C[C@H](COP(C)(=O)O)Cc1ccccc1. The van der Waals surface area contributed by atoms with Crippen molar-refractivity contribution in [2.75, 3.05) is 26.5 Å². The Balaban J connectivity index is 0.000000380. The van der Waals surface area contributed by atoms with E-state index in [1.807, 2.05) is 36.4 Å². The first-order valence-electron chi connectivity index (χ1n) is 13.3. The van der Waals surface area contributed by atoms with Gasteiger partial charge in [-0.15, -0.1) is 0 Å². The van der Waals surface area contributed by atoms with Crippen molar-refractivity contribution in [3.8, 4) is 0 Å². The highest BCUT2D eigenvalue weighted by Crippen LogP contribution is 2.39. The molecule has 6 nitrogen and oxygen atoms in total. The summed E-state index contributed by atoms with van der Waals surface area (Å²) >= 11 is 0. The Kier molecular flexibility index (Phi) is 14.2. The first kappa shape index (κ1) is 34.8. The minimum Gasteiger partial charge on any atom is -0.324 e. The lowest BCUT2D eigenvalue weighted by atomic mass is 9.82. The van der Waals surface area contributed by atoms with Crippen LogP contribution < -0.4 is 0 Å². The smallest absolute Gasteiger partial charge is 0.324 e. The Morgan fingerprint density at radius 2 is 0.921 bits per heavy atom. The van der Waals surface area contributed by atoms with Gasteiger partial charge in [-0.1, -0.05) is 102 Å². The van der Waals surface area contributed by atoms with Crippen LogP contribution >= 0.6 is 15.2 Å². The van der Waals surface area contributed by atoms with Crippen LogP contribution in [0.15, 0.2) is 60.7 Å². The maximum Gasteiger partial charge on any atom is 0.325 e. The van der Waals surface area contributed by atoms with Crippen LogP contribution in [0.1, 0.15) is 65.5 Å². The Labute approximate surface area is 231 Å². The molecule has 2 aromatic rings. The van der Waals surface area contributed by atoms with Crippen LogP contribution in [-0.4, -0.2) is 36.3 Å². The molecule has 0 fully saturated rings. The molecule has 0 aliphatic heterocycles. The highest BCUT2D eigenvalue weighted by Gasteiger charge is 2.23. The quantitative estimate of drug-likeness (QED) is 0.251. The van der Waals surface area contributed by atoms with Gasteiger partial charge in [-0.2, -0.15) is 0 Å². The zero-order chi connectivity index (χ0) is 29.0. The molecule has 0 heterocycles. The lowest BCUT2D eigenvalue weighted by molar-refractivity contribution is 0.178. The van der Waals surface area contributed by atoms with Crippen molar-refractivity contribution in [1.29, 1.82) is 0 Å². The molecular weight excluding hydrogens is 518 g/mol. The fourth-order valence-corrected chi connectivity index (χ4v) is 5.47. The van der Waals surface area contributed by atoms with E-state index in [9.17, 15) is 18.9 Å². The normalized spacial score (nSPS) is 16.9. The van der Waals surface area contributed by atoms with Gasteiger partial charge < -0.3 is 18.8 Å². The van der Waals surface area contributed by atoms with Crippen LogP contribution in [0.5, 0.6) is 0 Å². The van der Waals surface area contributed by atoms with Gasteiger partial charge in [-0.25, -0.2) is 0 Å². The number of rotatable bonds is 12. The van der Waals surface area contributed by atoms with E-state index in [0.717, 1.165) is 25.7 Å². The summed E-state index contributed by atoms with van der Waals surface area (Å²) in [6.45, 7) is 16.2. The van der Waals surface area contributed by atoms with Gasteiger partial charge in [0.1, 0.15) is 0 Å². The second kappa shape index (κ2) is 15.5. The summed E-state index contributed by atoms with van der Waals surface area (Å²) in [5.74, 6) is 0.505. The third-order valence-corrected chi connectivity index (χ3v) is 6.89. The molecule has 0 aliphatic rings. The molecule has 0 radical (unpaired) electrons. The van der Waals surface area contributed by atoms with E-state index in [4.69, 9.17) is 9.05 Å². The first-order chi connectivity index (χ1) is 17.3. The molecule has 216 valence electrons. The van der Waals surface area contributed by atoms with Gasteiger partial charge >= 0.3 is 15.2 Å². The molecule has 8 heteroatoms. The molecule has 0 saturated heterocycles. The second-order valence-corrected chi connectivity index (χ2v) is 16.6. The summed E-state index contributed by atoms with van der Waals surface area (Å²) in [7, 11) is -6.78. The largest absolute Gasteiger partial charge is 0.325 e. The van der Waals surface area contributed by atoms with Gasteiger partial charge in [-0.05, 0) is 59.5 Å². The third kappa shape index (κ3) is 19.8. The summed E-state index contributed by atoms with van der Waals surface area (Å²) in [6.07, 6.45) is 3.67.